The fourth-order valence-corrected chi connectivity index (χ4v) is 10.7. The van der Waals surface area contributed by atoms with Crippen LogP contribution in [0.5, 0.6) is 5.75 Å². The highest BCUT2D eigenvalue weighted by atomic mass is 16.5. The van der Waals surface area contributed by atoms with Crippen LogP contribution in [-0.4, -0.2) is 129 Å². The number of hydrogen-bond acceptors (Lipinski definition) is 11. The third kappa shape index (κ3) is 9.46. The minimum absolute atomic E-state index is 0.0131. The summed E-state index contributed by atoms with van der Waals surface area (Å²) in [5.41, 5.74) is 8.40. The quantitative estimate of drug-likeness (QED) is 0.119. The van der Waals surface area contributed by atoms with Crippen molar-refractivity contribution in [1.29, 1.82) is 0 Å². The summed E-state index contributed by atoms with van der Waals surface area (Å²) in [6.07, 6.45) is 4.07. The van der Waals surface area contributed by atoms with Gasteiger partial charge < -0.3 is 39.6 Å². The van der Waals surface area contributed by atoms with Gasteiger partial charge in [-0.15, -0.1) is 0 Å². The molecule has 364 valence electrons. The van der Waals surface area contributed by atoms with Gasteiger partial charge >= 0.3 is 5.97 Å². The Bertz CT molecular complexity index is 2600. The number of likely N-dealkylation sites (N-methyl/N-ethyl adjacent to an activating group) is 1. The number of phenolic OH excluding ortho intramolecular Hbond substituents is 1. The summed E-state index contributed by atoms with van der Waals surface area (Å²) in [6, 6.07) is 12.2. The minimum atomic E-state index is -1.18. The number of aromatic hydroxyl groups is 1. The number of ether oxygens (including phenoxy) is 2. The van der Waals surface area contributed by atoms with E-state index >= 15 is 0 Å². The van der Waals surface area contributed by atoms with Gasteiger partial charge in [0.1, 0.15) is 29.4 Å². The summed E-state index contributed by atoms with van der Waals surface area (Å²) in [5, 5.41) is 19.8. The summed E-state index contributed by atoms with van der Waals surface area (Å²) in [5.74, 6) is -2.36. The minimum Gasteiger partial charge on any atom is -0.508 e. The number of aromatic nitrogens is 2. The molecule has 68 heavy (non-hydrogen) atoms. The second kappa shape index (κ2) is 19.3. The monoisotopic (exact) mass is 933 g/mol. The standard InChI is InChI=1S/C52H68N8O8/c1-10-58-42-17-16-33-26-37(42)38(45(58)36-14-11-19-53-43(36)31(4)67-9)27-51(5,6)29-68-49(65)39-15-12-21-60(56-39)48(64)40(24-32-22-34(33)25-35(61)23-32)55-46(62)44(30(2)3)57(8)50(66)52(7)18-13-20-59(52)47(63)41-28-54-41/h11,14,16-17,19,22-23,25-26,30-31,39-41,44,54,56,61H,10,12-13,15,18,20-21,24,27-29H2,1-9H3,(H,55,62)/t31-,39-,40-,41+,44+,52+/m0/s1. The van der Waals surface area contributed by atoms with Crippen LogP contribution >= 0.6 is 0 Å². The van der Waals surface area contributed by atoms with Crippen molar-refractivity contribution in [3.05, 3.63) is 71.5 Å². The molecular weight excluding hydrogens is 865 g/mol. The molecule has 16 heteroatoms. The highest BCUT2D eigenvalue weighted by Crippen LogP contribution is 2.42. The summed E-state index contributed by atoms with van der Waals surface area (Å²) in [4.78, 5) is 79.2. The van der Waals surface area contributed by atoms with E-state index in [0.717, 1.165) is 39.0 Å². The normalized spacial score (nSPS) is 23.8. The molecule has 6 heterocycles. The van der Waals surface area contributed by atoms with E-state index in [-0.39, 0.29) is 55.2 Å². The molecule has 0 radical (unpaired) electrons. The molecule has 0 saturated carbocycles. The van der Waals surface area contributed by atoms with Gasteiger partial charge in [0.25, 0.3) is 5.91 Å². The van der Waals surface area contributed by atoms with Crippen molar-refractivity contribution in [1.82, 2.24) is 40.4 Å². The van der Waals surface area contributed by atoms with Gasteiger partial charge in [0.05, 0.1) is 30.1 Å². The van der Waals surface area contributed by atoms with Gasteiger partial charge in [-0.25, -0.2) is 5.43 Å². The van der Waals surface area contributed by atoms with Crippen molar-refractivity contribution in [2.45, 2.75) is 129 Å². The Morgan fingerprint density at radius 1 is 1.04 bits per heavy atom. The summed E-state index contributed by atoms with van der Waals surface area (Å²) >= 11 is 0. The van der Waals surface area contributed by atoms with E-state index in [2.05, 4.69) is 59.6 Å². The van der Waals surface area contributed by atoms with Gasteiger partial charge in [0.2, 0.25) is 17.7 Å². The Morgan fingerprint density at radius 3 is 2.51 bits per heavy atom. The molecule has 0 aliphatic carbocycles. The number of amides is 4. The van der Waals surface area contributed by atoms with Gasteiger partial charge in [0.15, 0.2) is 0 Å². The number of pyridine rings is 1. The number of nitrogens with zero attached hydrogens (tertiary/aromatic N) is 5. The van der Waals surface area contributed by atoms with Crippen LogP contribution in [0.3, 0.4) is 0 Å². The van der Waals surface area contributed by atoms with Crippen LogP contribution in [0.25, 0.3) is 33.3 Å². The maximum Gasteiger partial charge on any atom is 0.324 e. The number of benzene rings is 2. The number of hydrazine groups is 1. The Labute approximate surface area is 399 Å². The smallest absolute Gasteiger partial charge is 0.324 e. The first-order valence-electron chi connectivity index (χ1n) is 24.2. The first kappa shape index (κ1) is 48.6. The van der Waals surface area contributed by atoms with Crippen LogP contribution in [0, 0.1) is 11.3 Å². The number of nitrogens with one attached hydrogen (secondary N) is 3. The van der Waals surface area contributed by atoms with Gasteiger partial charge in [-0.3, -0.25) is 34.0 Å². The number of likely N-dealkylation sites (tertiary alicyclic amines) is 1. The SMILES string of the molecule is CCn1c(-c2cccnc2[C@H](C)OC)c2c3cc(ccc31)-c1cc(O)cc(c1)C[C@H](NC(=O)[C@@H](C(C)C)N(C)C(=O)[C@@]1(C)CCCN1C(=O)[C@H]1CN1)C(=O)N1CCC[C@H](N1)C(=O)OCC(C)(C)C2. The predicted octanol–water partition coefficient (Wildman–Crippen LogP) is 5.29. The molecule has 6 bridgehead atoms. The number of phenols is 1. The zero-order valence-electron chi connectivity index (χ0n) is 41.0. The predicted molar refractivity (Wildman–Crippen MR) is 258 cm³/mol. The molecule has 6 atom stereocenters. The number of methoxy groups -OCH3 is 1. The van der Waals surface area contributed by atoms with Crippen LogP contribution in [0.2, 0.25) is 0 Å². The first-order valence-corrected chi connectivity index (χ1v) is 24.2. The Balaban J connectivity index is 1.20. The van der Waals surface area contributed by atoms with Gasteiger partial charge in [-0.2, -0.15) is 0 Å². The molecular formula is C52H68N8O8. The summed E-state index contributed by atoms with van der Waals surface area (Å²) in [7, 11) is 3.26. The van der Waals surface area contributed by atoms with E-state index in [1.165, 1.54) is 9.91 Å². The van der Waals surface area contributed by atoms with Crippen LogP contribution in [-0.2, 0) is 52.8 Å². The van der Waals surface area contributed by atoms with Crippen molar-refractivity contribution >= 4 is 40.5 Å². The lowest BCUT2D eigenvalue weighted by Crippen LogP contribution is -2.64. The van der Waals surface area contributed by atoms with E-state index < -0.39 is 46.9 Å². The number of esters is 1. The van der Waals surface area contributed by atoms with Crippen molar-refractivity contribution in [3.8, 4) is 28.1 Å². The zero-order valence-corrected chi connectivity index (χ0v) is 41.0. The molecule has 2 aromatic heterocycles. The third-order valence-electron chi connectivity index (χ3n) is 14.4. The number of aryl methyl sites for hydroxylation is 1. The van der Waals surface area contributed by atoms with Crippen molar-refractivity contribution in [2.75, 3.05) is 40.4 Å². The first-order chi connectivity index (χ1) is 32.3. The summed E-state index contributed by atoms with van der Waals surface area (Å²) in [6.45, 7) is 15.8. The number of hydrogen-bond donors (Lipinski definition) is 4. The fourth-order valence-electron chi connectivity index (χ4n) is 10.7. The van der Waals surface area contributed by atoms with E-state index in [1.807, 2.05) is 39.0 Å². The van der Waals surface area contributed by atoms with Crippen molar-refractivity contribution in [2.24, 2.45) is 11.3 Å². The molecule has 8 rings (SSSR count). The maximum atomic E-state index is 14.8. The highest BCUT2D eigenvalue weighted by Gasteiger charge is 2.51. The molecule has 4 aromatic rings. The third-order valence-corrected chi connectivity index (χ3v) is 14.4. The van der Waals surface area contributed by atoms with Crippen LogP contribution in [0.15, 0.2) is 54.7 Å². The lowest BCUT2D eigenvalue weighted by atomic mass is 9.84. The van der Waals surface area contributed by atoms with E-state index in [4.69, 9.17) is 14.5 Å². The van der Waals surface area contributed by atoms with Gasteiger partial charge in [-0.05, 0) is 117 Å². The lowest BCUT2D eigenvalue weighted by molar-refractivity contribution is -0.156. The topological polar surface area (TPSA) is 198 Å². The number of carbonyl (C=O) groups excluding carboxylic acids is 5. The maximum absolute atomic E-state index is 14.8. The van der Waals surface area contributed by atoms with E-state index in [0.29, 0.717) is 62.9 Å². The molecule has 4 aliphatic heterocycles. The number of carbonyl (C=O) groups is 5. The fraction of sp³-hybridized carbons (Fsp3) is 0.538. The highest BCUT2D eigenvalue weighted by molar-refractivity contribution is 5.98. The second-order valence-electron chi connectivity index (χ2n) is 20.5. The number of fused-ring (bicyclic) bond motifs is 6. The van der Waals surface area contributed by atoms with E-state index in [9.17, 15) is 29.1 Å². The van der Waals surface area contributed by atoms with Crippen molar-refractivity contribution in [3.63, 3.8) is 0 Å². The van der Waals surface area contributed by atoms with Gasteiger partial charge in [0, 0.05) is 74.8 Å². The van der Waals surface area contributed by atoms with Crippen LogP contribution in [0.4, 0.5) is 0 Å². The largest absolute Gasteiger partial charge is 0.508 e. The van der Waals surface area contributed by atoms with Crippen LogP contribution in [0.1, 0.15) is 97.1 Å². The molecule has 0 unspecified atom stereocenters. The molecule has 3 fully saturated rings. The molecule has 3 saturated heterocycles. The molecule has 0 spiro atoms. The Morgan fingerprint density at radius 2 is 1.81 bits per heavy atom. The second-order valence-corrected chi connectivity index (χ2v) is 20.5. The number of cyclic esters (lactones) is 1. The molecule has 2 aromatic carbocycles. The molecule has 16 nitrogen and oxygen atoms in total. The molecule has 4 aliphatic rings. The summed E-state index contributed by atoms with van der Waals surface area (Å²) < 4.78 is 14.2. The molecule has 4 N–H and O–H groups in total. The van der Waals surface area contributed by atoms with Gasteiger partial charge in [-0.1, -0.05) is 39.8 Å². The molecule has 4 amide bonds. The Hall–Kier alpha value is -5.84. The zero-order chi connectivity index (χ0) is 48.8. The number of rotatable bonds is 10. The van der Waals surface area contributed by atoms with Crippen molar-refractivity contribution < 1.29 is 38.6 Å². The Kier molecular flexibility index (Phi) is 13.8. The lowest BCUT2D eigenvalue weighted by Gasteiger charge is -2.41. The average Bonchev–Trinajstić information content (AvgIpc) is 4.03. The van der Waals surface area contributed by atoms with E-state index in [1.54, 1.807) is 44.3 Å². The van der Waals surface area contributed by atoms with Crippen LogP contribution < -0.4 is 16.1 Å². The average molecular weight is 933 g/mol.